The van der Waals surface area contributed by atoms with Gasteiger partial charge in [-0.15, -0.1) is 0 Å². The Kier molecular flexibility index (Phi) is 4.77. The fourth-order valence-corrected chi connectivity index (χ4v) is 4.61. The lowest BCUT2D eigenvalue weighted by Crippen LogP contribution is -2.22. The molecule has 3 aromatic heterocycles. The highest BCUT2D eigenvalue weighted by Gasteiger charge is 2.35. The minimum absolute atomic E-state index is 0.0519. The number of esters is 1. The van der Waals surface area contributed by atoms with Crippen molar-refractivity contribution in [3.8, 4) is 28.4 Å². The largest absolute Gasteiger partial charge is 0.497 e. The number of fused-ring (bicyclic) bond motifs is 4. The fraction of sp³-hybridized carbons (Fsp3) is 0.154. The van der Waals surface area contributed by atoms with E-state index in [1.54, 1.807) is 66.6 Å². The lowest BCUT2D eigenvalue weighted by molar-refractivity contribution is -0.135. The molecule has 0 radical (unpaired) electrons. The van der Waals surface area contributed by atoms with Gasteiger partial charge in [0.1, 0.15) is 34.5 Å². The van der Waals surface area contributed by atoms with Gasteiger partial charge in [0.15, 0.2) is 5.65 Å². The Balaban J connectivity index is 1.62. The van der Waals surface area contributed by atoms with Crippen molar-refractivity contribution in [2.75, 3.05) is 14.2 Å². The van der Waals surface area contributed by atoms with Gasteiger partial charge in [0, 0.05) is 35.5 Å². The molecule has 5 aromatic rings. The van der Waals surface area contributed by atoms with Crippen LogP contribution < -0.4 is 19.6 Å². The third-order valence-electron chi connectivity index (χ3n) is 6.26. The predicted octanol–water partition coefficient (Wildman–Crippen LogP) is 3.96. The van der Waals surface area contributed by atoms with Crippen LogP contribution in [-0.2, 0) is 4.79 Å². The molecule has 1 aliphatic heterocycles. The number of hydrogen-bond acceptors (Lipinski definition) is 8. The Morgan fingerprint density at radius 2 is 1.94 bits per heavy atom. The van der Waals surface area contributed by atoms with E-state index in [0.29, 0.717) is 33.7 Å². The van der Waals surface area contributed by atoms with Gasteiger partial charge in [-0.2, -0.15) is 5.10 Å². The van der Waals surface area contributed by atoms with Crippen LogP contribution in [0.15, 0.2) is 70.5 Å². The van der Waals surface area contributed by atoms with Crippen molar-refractivity contribution in [3.05, 3.63) is 82.6 Å². The van der Waals surface area contributed by atoms with E-state index in [0.717, 1.165) is 5.56 Å². The third-order valence-corrected chi connectivity index (χ3v) is 6.26. The maximum absolute atomic E-state index is 13.7. The van der Waals surface area contributed by atoms with E-state index in [2.05, 4.69) is 10.1 Å². The van der Waals surface area contributed by atoms with Gasteiger partial charge < -0.3 is 18.6 Å². The maximum atomic E-state index is 13.7. The van der Waals surface area contributed by atoms with Crippen LogP contribution in [0.25, 0.3) is 27.7 Å². The quantitative estimate of drug-likeness (QED) is 0.288. The van der Waals surface area contributed by atoms with E-state index in [-0.39, 0.29) is 28.7 Å². The van der Waals surface area contributed by atoms with Crippen LogP contribution in [0, 0.1) is 0 Å². The average molecular weight is 469 g/mol. The second-order valence-corrected chi connectivity index (χ2v) is 8.12. The summed E-state index contributed by atoms with van der Waals surface area (Å²) < 4.78 is 24.0. The highest BCUT2D eigenvalue weighted by atomic mass is 16.5. The van der Waals surface area contributed by atoms with Gasteiger partial charge in [-0.05, 0) is 23.8 Å². The van der Waals surface area contributed by atoms with Crippen molar-refractivity contribution in [2.24, 2.45) is 0 Å². The molecule has 1 unspecified atom stereocenters. The summed E-state index contributed by atoms with van der Waals surface area (Å²) in [6.07, 6.45) is 6.59. The van der Waals surface area contributed by atoms with Crippen molar-refractivity contribution in [1.29, 1.82) is 0 Å². The lowest BCUT2D eigenvalue weighted by Gasteiger charge is -2.25. The van der Waals surface area contributed by atoms with Gasteiger partial charge in [-0.25, -0.2) is 9.50 Å². The Bertz CT molecular complexity index is 1670. The molecule has 1 atom stereocenters. The number of benzene rings is 2. The number of carbonyl (C=O) groups excluding carboxylic acids is 1. The predicted molar refractivity (Wildman–Crippen MR) is 126 cm³/mol. The topological polar surface area (TPSA) is 105 Å². The molecule has 0 amide bonds. The van der Waals surface area contributed by atoms with Crippen molar-refractivity contribution < 1.29 is 23.4 Å². The van der Waals surface area contributed by atoms with E-state index < -0.39 is 11.9 Å². The van der Waals surface area contributed by atoms with E-state index in [1.807, 2.05) is 0 Å². The maximum Gasteiger partial charge on any atom is 0.312 e. The second kappa shape index (κ2) is 7.98. The van der Waals surface area contributed by atoms with E-state index in [9.17, 15) is 9.59 Å². The molecule has 6 rings (SSSR count). The van der Waals surface area contributed by atoms with Crippen LogP contribution in [0.3, 0.4) is 0 Å². The number of nitrogens with zero attached hydrogens (tertiary/aromatic N) is 3. The first-order valence-corrected chi connectivity index (χ1v) is 10.9. The summed E-state index contributed by atoms with van der Waals surface area (Å²) in [6.45, 7) is 0. The van der Waals surface area contributed by atoms with Crippen LogP contribution in [-0.4, -0.2) is 34.8 Å². The molecule has 0 N–H and O–H groups in total. The van der Waals surface area contributed by atoms with Crippen LogP contribution in [0.1, 0.15) is 23.5 Å². The summed E-state index contributed by atoms with van der Waals surface area (Å²) in [5, 5.41) is 4.64. The smallest absolute Gasteiger partial charge is 0.312 e. The minimum atomic E-state index is -0.470. The van der Waals surface area contributed by atoms with Crippen LogP contribution >= 0.6 is 0 Å². The highest BCUT2D eigenvalue weighted by Crippen LogP contribution is 2.46. The number of methoxy groups -OCH3 is 2. The molecule has 1 aliphatic rings. The van der Waals surface area contributed by atoms with Gasteiger partial charge in [-0.1, -0.05) is 12.1 Å². The van der Waals surface area contributed by atoms with Gasteiger partial charge in [-0.3, -0.25) is 9.59 Å². The summed E-state index contributed by atoms with van der Waals surface area (Å²) in [7, 11) is 3.04. The molecule has 4 heterocycles. The molecule has 0 fully saturated rings. The standard InChI is InChI=1S/C26H19N3O6/c1-32-15-6-4-14(5-7-15)18-13-34-25-22-16(17-12-28-29-9-3-8-27-26(17)29)10-21(30)35-20(22)11-19(33-2)23(25)24(18)31/h3-9,11-13,16H,10H2,1-2H3. The zero-order valence-electron chi connectivity index (χ0n) is 18.8. The first-order valence-electron chi connectivity index (χ1n) is 10.9. The van der Waals surface area contributed by atoms with Gasteiger partial charge in [0.05, 0.1) is 32.4 Å². The molecule has 0 saturated carbocycles. The molecule has 35 heavy (non-hydrogen) atoms. The fourth-order valence-electron chi connectivity index (χ4n) is 4.61. The Labute approximate surface area is 198 Å². The summed E-state index contributed by atoms with van der Waals surface area (Å²) in [5.74, 6) is 0.344. The molecule has 174 valence electrons. The summed E-state index contributed by atoms with van der Waals surface area (Å²) in [5.41, 5.74) is 3.02. The zero-order chi connectivity index (χ0) is 24.1. The Hall–Kier alpha value is -4.66. The van der Waals surface area contributed by atoms with Gasteiger partial charge in [0.25, 0.3) is 0 Å². The first kappa shape index (κ1) is 20.9. The molecule has 0 aliphatic carbocycles. The van der Waals surface area contributed by atoms with Gasteiger partial charge >= 0.3 is 5.97 Å². The normalized spacial score (nSPS) is 15.1. The van der Waals surface area contributed by atoms with Crippen LogP contribution in [0.2, 0.25) is 0 Å². The van der Waals surface area contributed by atoms with Crippen molar-refractivity contribution in [1.82, 2.24) is 14.6 Å². The monoisotopic (exact) mass is 469 g/mol. The van der Waals surface area contributed by atoms with E-state index >= 15 is 0 Å². The number of hydrogen-bond donors (Lipinski definition) is 0. The molecule has 2 aromatic carbocycles. The SMILES string of the molecule is COc1ccc(-c2coc3c4c(cc(OC)c3c2=O)OC(=O)CC4c2cnn3cccnc23)cc1. The number of ether oxygens (including phenoxy) is 3. The van der Waals surface area contributed by atoms with E-state index in [1.165, 1.54) is 13.4 Å². The molecule has 9 nitrogen and oxygen atoms in total. The molecular formula is C26H19N3O6. The third kappa shape index (κ3) is 3.23. The van der Waals surface area contributed by atoms with Crippen molar-refractivity contribution in [3.63, 3.8) is 0 Å². The average Bonchev–Trinajstić information content (AvgIpc) is 3.32. The minimum Gasteiger partial charge on any atom is -0.497 e. The second-order valence-electron chi connectivity index (χ2n) is 8.12. The lowest BCUT2D eigenvalue weighted by atomic mass is 9.86. The summed E-state index contributed by atoms with van der Waals surface area (Å²) in [6, 6.07) is 10.5. The first-order chi connectivity index (χ1) is 17.1. The Morgan fingerprint density at radius 3 is 2.71 bits per heavy atom. The molecule has 0 spiro atoms. The van der Waals surface area contributed by atoms with E-state index in [4.69, 9.17) is 18.6 Å². The summed E-state index contributed by atoms with van der Waals surface area (Å²) in [4.78, 5) is 30.7. The van der Waals surface area contributed by atoms with Crippen molar-refractivity contribution >= 4 is 22.6 Å². The Morgan fingerprint density at radius 1 is 1.11 bits per heavy atom. The zero-order valence-corrected chi connectivity index (χ0v) is 18.8. The van der Waals surface area contributed by atoms with Gasteiger partial charge in [0.2, 0.25) is 5.43 Å². The highest BCUT2D eigenvalue weighted by molar-refractivity contribution is 5.94. The number of carbonyl (C=O) groups is 1. The molecular weight excluding hydrogens is 450 g/mol. The van der Waals surface area contributed by atoms with Crippen molar-refractivity contribution in [2.45, 2.75) is 12.3 Å². The molecule has 9 heteroatoms. The van der Waals surface area contributed by atoms with Crippen LogP contribution in [0.5, 0.6) is 17.2 Å². The summed E-state index contributed by atoms with van der Waals surface area (Å²) >= 11 is 0. The van der Waals surface area contributed by atoms with Crippen LogP contribution in [0.4, 0.5) is 0 Å². The molecule has 0 bridgehead atoms. The molecule has 0 saturated heterocycles. The number of rotatable bonds is 4. The number of aromatic nitrogens is 3.